The minimum Gasteiger partial charge on any atom is -0.493 e. The van der Waals surface area contributed by atoms with Gasteiger partial charge in [0.2, 0.25) is 0 Å². The Balaban J connectivity index is 2.26. The van der Waals surface area contributed by atoms with Crippen LogP contribution < -0.4 is 19.8 Å². The van der Waals surface area contributed by atoms with Gasteiger partial charge in [-0.15, -0.1) is 0 Å². The summed E-state index contributed by atoms with van der Waals surface area (Å²) < 4.78 is 17.8. The number of hydrogen-bond donors (Lipinski definition) is 0. The molecule has 0 saturated carbocycles. The Kier molecular flexibility index (Phi) is 4.53. The van der Waals surface area contributed by atoms with Crippen LogP contribution in [-0.4, -0.2) is 24.8 Å². The molecule has 1 aromatic heterocycles. The maximum absolute atomic E-state index is 12.9. The lowest BCUT2D eigenvalue weighted by Gasteiger charge is -2.25. The third-order valence-electron chi connectivity index (χ3n) is 4.46. The minimum atomic E-state index is -0.442. The van der Waals surface area contributed by atoms with Gasteiger partial charge in [-0.05, 0) is 30.5 Å². The van der Waals surface area contributed by atoms with Crippen LogP contribution >= 0.6 is 0 Å². The monoisotopic (exact) mass is 343 g/mol. The number of methoxy groups -OCH3 is 2. The van der Waals surface area contributed by atoms with E-state index in [9.17, 15) is 9.59 Å². The number of hydrogen-bond acceptors (Lipinski definition) is 5. The van der Waals surface area contributed by atoms with Crippen molar-refractivity contribution in [1.29, 1.82) is 0 Å². The van der Waals surface area contributed by atoms with Crippen LogP contribution in [0.5, 0.6) is 17.2 Å². The van der Waals surface area contributed by atoms with Crippen molar-refractivity contribution in [2.75, 3.05) is 14.2 Å². The van der Waals surface area contributed by atoms with E-state index in [0.717, 1.165) is 23.2 Å². The summed E-state index contributed by atoms with van der Waals surface area (Å²) in [6, 6.07) is 5.56. The smallest absolute Gasteiger partial charge is 0.308 e. The van der Waals surface area contributed by atoms with Gasteiger partial charge in [-0.1, -0.05) is 6.92 Å². The van der Waals surface area contributed by atoms with E-state index in [2.05, 4.69) is 0 Å². The van der Waals surface area contributed by atoms with E-state index in [0.29, 0.717) is 35.8 Å². The molecule has 3 rings (SSSR count). The molecule has 0 amide bonds. The van der Waals surface area contributed by atoms with Crippen LogP contribution in [0.1, 0.15) is 25.0 Å². The molecule has 0 bridgehead atoms. The number of esters is 1. The Bertz CT molecular complexity index is 898. The second-order valence-corrected chi connectivity index (χ2v) is 5.89. The molecule has 0 spiro atoms. The maximum atomic E-state index is 12.9. The van der Waals surface area contributed by atoms with Gasteiger partial charge in [0.25, 0.3) is 5.56 Å². The van der Waals surface area contributed by atoms with Crippen molar-refractivity contribution in [1.82, 2.24) is 4.57 Å². The van der Waals surface area contributed by atoms with Crippen LogP contribution in [0.4, 0.5) is 0 Å². The maximum Gasteiger partial charge on any atom is 0.308 e. The van der Waals surface area contributed by atoms with Crippen molar-refractivity contribution in [3.63, 3.8) is 0 Å². The second-order valence-electron chi connectivity index (χ2n) is 5.89. The largest absolute Gasteiger partial charge is 0.493 e. The highest BCUT2D eigenvalue weighted by molar-refractivity contribution is 5.74. The predicted molar refractivity (Wildman–Crippen MR) is 93.6 cm³/mol. The van der Waals surface area contributed by atoms with Crippen molar-refractivity contribution < 1.29 is 19.0 Å². The lowest BCUT2D eigenvalue weighted by molar-refractivity contribution is -0.131. The normalized spacial score (nSPS) is 12.2. The first-order valence-corrected chi connectivity index (χ1v) is 8.20. The molecule has 6 heteroatoms. The Morgan fingerprint density at radius 2 is 1.80 bits per heavy atom. The molecule has 0 aliphatic carbocycles. The van der Waals surface area contributed by atoms with Gasteiger partial charge in [0.05, 0.1) is 25.5 Å². The zero-order chi connectivity index (χ0) is 18.1. The number of aryl methyl sites for hydroxylation is 1. The second kappa shape index (κ2) is 6.63. The van der Waals surface area contributed by atoms with E-state index in [1.165, 1.54) is 6.92 Å². The highest BCUT2D eigenvalue weighted by atomic mass is 16.5. The summed E-state index contributed by atoms with van der Waals surface area (Å²) in [6.07, 6.45) is 1.22. The first kappa shape index (κ1) is 17.1. The predicted octanol–water partition coefficient (Wildman–Crippen LogP) is 2.58. The Labute approximate surface area is 145 Å². The van der Waals surface area contributed by atoms with Crippen molar-refractivity contribution in [2.45, 2.75) is 33.2 Å². The molecule has 0 N–H and O–H groups in total. The summed E-state index contributed by atoms with van der Waals surface area (Å²) in [7, 11) is 3.17. The molecule has 1 aliphatic heterocycles. The van der Waals surface area contributed by atoms with Crippen LogP contribution in [-0.2, 0) is 24.2 Å². The molecular weight excluding hydrogens is 322 g/mol. The fourth-order valence-electron chi connectivity index (χ4n) is 3.28. The highest BCUT2D eigenvalue weighted by Crippen LogP contribution is 2.39. The van der Waals surface area contributed by atoms with Crippen molar-refractivity contribution in [2.24, 2.45) is 0 Å². The zero-order valence-electron chi connectivity index (χ0n) is 14.8. The van der Waals surface area contributed by atoms with Crippen LogP contribution in [0.25, 0.3) is 11.3 Å². The Hall–Kier alpha value is -2.76. The van der Waals surface area contributed by atoms with Crippen LogP contribution in [0, 0.1) is 0 Å². The topological polar surface area (TPSA) is 66.8 Å². The third-order valence-corrected chi connectivity index (χ3v) is 4.46. The SMILES string of the molecule is CCc1c(OC(C)=O)cc2n(c1=O)CCc1cc(OC)c(OC)cc1-2. The van der Waals surface area contributed by atoms with Crippen molar-refractivity contribution in [3.05, 3.63) is 39.7 Å². The first-order valence-electron chi connectivity index (χ1n) is 8.20. The summed E-state index contributed by atoms with van der Waals surface area (Å²) >= 11 is 0. The van der Waals surface area contributed by atoms with E-state index in [1.807, 2.05) is 19.1 Å². The molecule has 0 unspecified atom stereocenters. The molecule has 0 fully saturated rings. The van der Waals surface area contributed by atoms with E-state index in [4.69, 9.17) is 14.2 Å². The molecule has 1 aliphatic rings. The highest BCUT2D eigenvalue weighted by Gasteiger charge is 2.24. The standard InChI is InChI=1S/C19H21NO5/c1-5-13-16(25-11(2)21)10-15-14-9-18(24-4)17(23-3)8-12(14)6-7-20(15)19(13)22/h8-10H,5-7H2,1-4H3. The van der Waals surface area contributed by atoms with Gasteiger partial charge < -0.3 is 18.8 Å². The molecule has 2 heterocycles. The third kappa shape index (κ3) is 2.88. The van der Waals surface area contributed by atoms with Gasteiger partial charge in [0, 0.05) is 25.1 Å². The molecular formula is C19H21NO5. The van der Waals surface area contributed by atoms with Gasteiger partial charge in [-0.25, -0.2) is 0 Å². The van der Waals surface area contributed by atoms with Gasteiger partial charge in [-0.3, -0.25) is 9.59 Å². The van der Waals surface area contributed by atoms with Gasteiger partial charge in [0.1, 0.15) is 5.75 Å². The molecule has 1 aromatic carbocycles. The number of fused-ring (bicyclic) bond motifs is 3. The fourth-order valence-corrected chi connectivity index (χ4v) is 3.28. The number of pyridine rings is 1. The van der Waals surface area contributed by atoms with E-state index < -0.39 is 5.97 Å². The molecule has 25 heavy (non-hydrogen) atoms. The summed E-state index contributed by atoms with van der Waals surface area (Å²) in [5, 5.41) is 0. The number of rotatable bonds is 4. The summed E-state index contributed by atoms with van der Waals surface area (Å²) in [5.41, 5.74) is 3.08. The van der Waals surface area contributed by atoms with Crippen molar-refractivity contribution in [3.8, 4) is 28.5 Å². The molecule has 2 aromatic rings. The first-order chi connectivity index (χ1) is 12.0. The number of nitrogens with zero attached hydrogens (tertiary/aromatic N) is 1. The zero-order valence-corrected chi connectivity index (χ0v) is 14.8. The van der Waals surface area contributed by atoms with Crippen LogP contribution in [0.3, 0.4) is 0 Å². The quantitative estimate of drug-likeness (QED) is 0.798. The van der Waals surface area contributed by atoms with Crippen LogP contribution in [0.15, 0.2) is 23.0 Å². The molecule has 132 valence electrons. The van der Waals surface area contributed by atoms with E-state index >= 15 is 0 Å². The number of aromatic nitrogens is 1. The van der Waals surface area contributed by atoms with Gasteiger partial charge in [0.15, 0.2) is 11.5 Å². The fraction of sp³-hybridized carbons (Fsp3) is 0.368. The molecule has 6 nitrogen and oxygen atoms in total. The number of benzene rings is 1. The Morgan fingerprint density at radius 3 is 2.40 bits per heavy atom. The molecule has 0 atom stereocenters. The molecule has 0 saturated heterocycles. The van der Waals surface area contributed by atoms with Gasteiger partial charge in [-0.2, -0.15) is 0 Å². The Morgan fingerprint density at radius 1 is 1.12 bits per heavy atom. The average Bonchev–Trinajstić information content (AvgIpc) is 2.60. The van der Waals surface area contributed by atoms with E-state index in [-0.39, 0.29) is 5.56 Å². The molecule has 0 radical (unpaired) electrons. The number of ether oxygens (including phenoxy) is 3. The minimum absolute atomic E-state index is 0.114. The van der Waals surface area contributed by atoms with Crippen molar-refractivity contribution >= 4 is 5.97 Å². The summed E-state index contributed by atoms with van der Waals surface area (Å²) in [6.45, 7) is 3.78. The number of carbonyl (C=O) groups excluding carboxylic acids is 1. The summed E-state index contributed by atoms with van der Waals surface area (Å²) in [5.74, 6) is 1.13. The van der Waals surface area contributed by atoms with Crippen LogP contribution in [0.2, 0.25) is 0 Å². The lowest BCUT2D eigenvalue weighted by atomic mass is 9.95. The summed E-state index contributed by atoms with van der Waals surface area (Å²) in [4.78, 5) is 24.3. The van der Waals surface area contributed by atoms with E-state index in [1.54, 1.807) is 24.9 Å². The lowest BCUT2D eigenvalue weighted by Crippen LogP contribution is -2.29. The van der Waals surface area contributed by atoms with Gasteiger partial charge >= 0.3 is 5.97 Å². The average molecular weight is 343 g/mol. The number of carbonyl (C=O) groups is 1.